The largest absolute Gasteiger partial charge is 0.399 e. The van der Waals surface area contributed by atoms with E-state index in [-0.39, 0.29) is 22.0 Å². The standard InChI is InChI=1S/C12H16Cl2N2O/c1-6(2)7(3)16-12(17)9-4-8(15)5-10(13)11(9)14/h4-7H,15H2,1-3H3,(H,16,17). The number of nitrogen functional groups attached to an aromatic ring is 1. The zero-order chi connectivity index (χ0) is 13.2. The molecule has 5 heteroatoms. The van der Waals surface area contributed by atoms with E-state index in [1.165, 1.54) is 12.1 Å². The van der Waals surface area contributed by atoms with Crippen molar-refractivity contribution in [3.05, 3.63) is 27.7 Å². The molecule has 0 saturated heterocycles. The first-order valence-corrected chi connectivity index (χ1v) is 6.14. The van der Waals surface area contributed by atoms with Crippen LogP contribution < -0.4 is 11.1 Å². The van der Waals surface area contributed by atoms with Crippen LogP contribution in [-0.2, 0) is 0 Å². The van der Waals surface area contributed by atoms with Gasteiger partial charge in [0.2, 0.25) is 0 Å². The molecule has 0 aliphatic heterocycles. The third-order valence-electron chi connectivity index (χ3n) is 2.65. The van der Waals surface area contributed by atoms with Gasteiger partial charge in [-0.25, -0.2) is 0 Å². The highest BCUT2D eigenvalue weighted by Gasteiger charge is 2.17. The second-order valence-corrected chi connectivity index (χ2v) is 5.16. The van der Waals surface area contributed by atoms with E-state index in [1.807, 2.05) is 20.8 Å². The van der Waals surface area contributed by atoms with Crippen LogP contribution in [0.2, 0.25) is 10.0 Å². The Bertz CT molecular complexity index is 433. The maximum absolute atomic E-state index is 12.0. The van der Waals surface area contributed by atoms with Gasteiger partial charge in [-0.15, -0.1) is 0 Å². The molecule has 0 bridgehead atoms. The van der Waals surface area contributed by atoms with Crippen molar-refractivity contribution in [2.75, 3.05) is 5.73 Å². The highest BCUT2D eigenvalue weighted by Crippen LogP contribution is 2.28. The second kappa shape index (κ2) is 5.61. The van der Waals surface area contributed by atoms with Crippen LogP contribution in [0.25, 0.3) is 0 Å². The fourth-order valence-corrected chi connectivity index (χ4v) is 1.65. The molecule has 0 radical (unpaired) electrons. The molecule has 0 aliphatic carbocycles. The van der Waals surface area contributed by atoms with E-state index >= 15 is 0 Å². The van der Waals surface area contributed by atoms with Crippen LogP contribution in [0.4, 0.5) is 5.69 Å². The summed E-state index contributed by atoms with van der Waals surface area (Å²) in [5, 5.41) is 3.37. The number of amides is 1. The minimum Gasteiger partial charge on any atom is -0.399 e. The summed E-state index contributed by atoms with van der Waals surface area (Å²) < 4.78 is 0. The van der Waals surface area contributed by atoms with Crippen LogP contribution in [-0.4, -0.2) is 11.9 Å². The van der Waals surface area contributed by atoms with Crippen molar-refractivity contribution in [2.45, 2.75) is 26.8 Å². The fourth-order valence-electron chi connectivity index (χ4n) is 1.23. The van der Waals surface area contributed by atoms with Gasteiger partial charge in [0, 0.05) is 11.7 Å². The van der Waals surface area contributed by atoms with E-state index in [2.05, 4.69) is 5.32 Å². The molecular formula is C12H16Cl2N2O. The summed E-state index contributed by atoms with van der Waals surface area (Å²) >= 11 is 11.8. The van der Waals surface area contributed by atoms with Crippen LogP contribution >= 0.6 is 23.2 Å². The third-order valence-corrected chi connectivity index (χ3v) is 3.46. The lowest BCUT2D eigenvalue weighted by Crippen LogP contribution is -2.36. The average molecular weight is 275 g/mol. The van der Waals surface area contributed by atoms with Crippen molar-refractivity contribution in [1.82, 2.24) is 5.32 Å². The van der Waals surface area contributed by atoms with Crippen molar-refractivity contribution in [3.8, 4) is 0 Å². The Labute approximate surface area is 111 Å². The molecule has 1 atom stereocenters. The summed E-state index contributed by atoms with van der Waals surface area (Å²) in [4.78, 5) is 12.0. The van der Waals surface area contributed by atoms with Crippen LogP contribution in [0.1, 0.15) is 31.1 Å². The lowest BCUT2D eigenvalue weighted by molar-refractivity contribution is 0.0930. The molecule has 0 fully saturated rings. The van der Waals surface area contributed by atoms with Gasteiger partial charge >= 0.3 is 0 Å². The normalized spacial score (nSPS) is 12.6. The molecule has 0 aliphatic rings. The lowest BCUT2D eigenvalue weighted by Gasteiger charge is -2.18. The van der Waals surface area contributed by atoms with E-state index in [1.54, 1.807) is 0 Å². The molecule has 0 saturated carbocycles. The first kappa shape index (κ1) is 14.1. The number of rotatable bonds is 3. The topological polar surface area (TPSA) is 55.1 Å². The second-order valence-electron chi connectivity index (χ2n) is 4.37. The monoisotopic (exact) mass is 274 g/mol. The van der Waals surface area contributed by atoms with Crippen molar-refractivity contribution in [2.24, 2.45) is 5.92 Å². The summed E-state index contributed by atoms with van der Waals surface area (Å²) in [6.45, 7) is 5.99. The van der Waals surface area contributed by atoms with Gasteiger partial charge in [-0.3, -0.25) is 4.79 Å². The molecule has 17 heavy (non-hydrogen) atoms. The molecule has 3 N–H and O–H groups in total. The number of benzene rings is 1. The third kappa shape index (κ3) is 3.51. The Morgan fingerprint density at radius 1 is 1.29 bits per heavy atom. The summed E-state index contributed by atoms with van der Waals surface area (Å²) in [6, 6.07) is 3.10. The molecule has 1 amide bonds. The van der Waals surface area contributed by atoms with Gasteiger partial charge in [0.15, 0.2) is 0 Å². The van der Waals surface area contributed by atoms with E-state index < -0.39 is 0 Å². The number of anilines is 1. The molecule has 0 aromatic heterocycles. The number of carbonyl (C=O) groups excluding carboxylic acids is 1. The minimum atomic E-state index is -0.259. The number of halogens is 2. The van der Waals surface area contributed by atoms with E-state index in [4.69, 9.17) is 28.9 Å². The Morgan fingerprint density at radius 3 is 2.41 bits per heavy atom. The van der Waals surface area contributed by atoms with Gasteiger partial charge in [0.25, 0.3) is 5.91 Å². The smallest absolute Gasteiger partial charge is 0.253 e. The van der Waals surface area contributed by atoms with E-state index in [0.717, 1.165) is 0 Å². The van der Waals surface area contributed by atoms with Gasteiger partial charge in [0.05, 0.1) is 15.6 Å². The predicted octanol–water partition coefficient (Wildman–Crippen LogP) is 3.35. The highest BCUT2D eigenvalue weighted by molar-refractivity contribution is 6.44. The Hall–Kier alpha value is -0.930. The number of nitrogens with two attached hydrogens (primary N) is 1. The van der Waals surface area contributed by atoms with Gasteiger partial charge in [-0.05, 0) is 25.0 Å². The Morgan fingerprint density at radius 2 is 1.88 bits per heavy atom. The van der Waals surface area contributed by atoms with Crippen LogP contribution in [0.15, 0.2) is 12.1 Å². The van der Waals surface area contributed by atoms with E-state index in [0.29, 0.717) is 17.2 Å². The van der Waals surface area contributed by atoms with Gasteiger partial charge in [-0.2, -0.15) is 0 Å². The summed E-state index contributed by atoms with van der Waals surface area (Å²) in [6.07, 6.45) is 0. The zero-order valence-electron chi connectivity index (χ0n) is 10.1. The van der Waals surface area contributed by atoms with E-state index in [9.17, 15) is 4.79 Å². The van der Waals surface area contributed by atoms with Crippen molar-refractivity contribution < 1.29 is 4.79 Å². The number of carbonyl (C=O) groups is 1. The maximum atomic E-state index is 12.0. The molecule has 0 heterocycles. The van der Waals surface area contributed by atoms with Crippen LogP contribution in [0.5, 0.6) is 0 Å². The molecule has 3 nitrogen and oxygen atoms in total. The van der Waals surface area contributed by atoms with Gasteiger partial charge in [-0.1, -0.05) is 37.0 Å². The minimum absolute atomic E-state index is 0.0544. The molecule has 1 rings (SSSR count). The number of hydrogen-bond acceptors (Lipinski definition) is 2. The molecular weight excluding hydrogens is 259 g/mol. The molecule has 1 aromatic carbocycles. The Balaban J connectivity index is 2.97. The molecule has 1 unspecified atom stereocenters. The summed E-state index contributed by atoms with van der Waals surface area (Å²) in [5.74, 6) is 0.0830. The molecule has 1 aromatic rings. The number of hydrogen-bond donors (Lipinski definition) is 2. The van der Waals surface area contributed by atoms with Crippen molar-refractivity contribution in [1.29, 1.82) is 0 Å². The van der Waals surface area contributed by atoms with Gasteiger partial charge in [0.1, 0.15) is 0 Å². The first-order valence-electron chi connectivity index (χ1n) is 5.38. The quantitative estimate of drug-likeness (QED) is 0.831. The number of nitrogens with one attached hydrogen (secondary N) is 1. The SMILES string of the molecule is CC(C)C(C)NC(=O)c1cc(N)cc(Cl)c1Cl. The average Bonchev–Trinajstić information content (AvgIpc) is 2.22. The highest BCUT2D eigenvalue weighted by atomic mass is 35.5. The van der Waals surface area contributed by atoms with Crippen LogP contribution in [0, 0.1) is 5.92 Å². The zero-order valence-corrected chi connectivity index (χ0v) is 11.6. The summed E-state index contributed by atoms with van der Waals surface area (Å²) in [5.41, 5.74) is 6.36. The van der Waals surface area contributed by atoms with Crippen LogP contribution in [0.3, 0.4) is 0 Å². The predicted molar refractivity (Wildman–Crippen MR) is 72.6 cm³/mol. The van der Waals surface area contributed by atoms with Crippen molar-refractivity contribution >= 4 is 34.8 Å². The van der Waals surface area contributed by atoms with Gasteiger partial charge < -0.3 is 11.1 Å². The maximum Gasteiger partial charge on any atom is 0.253 e. The molecule has 0 spiro atoms. The lowest BCUT2D eigenvalue weighted by atomic mass is 10.1. The van der Waals surface area contributed by atoms with Crippen molar-refractivity contribution in [3.63, 3.8) is 0 Å². The first-order chi connectivity index (χ1) is 7.82. The summed E-state index contributed by atoms with van der Waals surface area (Å²) in [7, 11) is 0. The fraction of sp³-hybridized carbons (Fsp3) is 0.417. The Kier molecular flexibility index (Phi) is 4.66. The molecule has 94 valence electrons.